The lowest BCUT2D eigenvalue weighted by Gasteiger charge is -2.27. The van der Waals surface area contributed by atoms with E-state index >= 15 is 0 Å². The first-order chi connectivity index (χ1) is 11.2. The summed E-state index contributed by atoms with van der Waals surface area (Å²) in [7, 11) is 0. The fourth-order valence-electron chi connectivity index (χ4n) is 3.52. The summed E-state index contributed by atoms with van der Waals surface area (Å²) < 4.78 is 0. The van der Waals surface area contributed by atoms with Gasteiger partial charge in [-0.2, -0.15) is 0 Å². The first-order valence-electron chi connectivity index (χ1n) is 8.20. The Hall–Kier alpha value is -2.43. The predicted octanol–water partition coefficient (Wildman–Crippen LogP) is 1.68. The monoisotopic (exact) mass is 308 g/mol. The van der Waals surface area contributed by atoms with E-state index in [-0.39, 0.29) is 5.91 Å². The van der Waals surface area contributed by atoms with Gasteiger partial charge in [-0.3, -0.25) is 4.79 Å². The number of hydrogen-bond donors (Lipinski definition) is 1. The molecule has 1 N–H and O–H groups in total. The maximum atomic E-state index is 12.1. The number of anilines is 1. The van der Waals surface area contributed by atoms with Gasteiger partial charge in [0.05, 0.1) is 0 Å². The van der Waals surface area contributed by atoms with Crippen molar-refractivity contribution in [2.45, 2.75) is 26.2 Å². The molecule has 2 aliphatic heterocycles. The standard InChI is InChI=1S/C18H20N4O/c1-12-20-16-15(6-9-19-18(16)23)17(21-12)22-10-7-13-4-2-3-5-14(13)8-11-22/h2-5H,6-11H2,1H3,(H,19,23). The van der Waals surface area contributed by atoms with E-state index in [2.05, 4.69) is 44.5 Å². The highest BCUT2D eigenvalue weighted by Crippen LogP contribution is 2.26. The number of amides is 1. The van der Waals surface area contributed by atoms with E-state index in [9.17, 15) is 4.79 Å². The van der Waals surface area contributed by atoms with Crippen LogP contribution in [0.25, 0.3) is 0 Å². The first kappa shape index (κ1) is 14.2. The van der Waals surface area contributed by atoms with Crippen molar-refractivity contribution in [3.8, 4) is 0 Å². The van der Waals surface area contributed by atoms with Gasteiger partial charge in [-0.15, -0.1) is 0 Å². The van der Waals surface area contributed by atoms with Crippen LogP contribution in [0.4, 0.5) is 5.82 Å². The molecule has 3 heterocycles. The summed E-state index contributed by atoms with van der Waals surface area (Å²) in [6, 6.07) is 8.64. The van der Waals surface area contributed by atoms with Gasteiger partial charge in [0.2, 0.25) is 0 Å². The molecule has 118 valence electrons. The van der Waals surface area contributed by atoms with Gasteiger partial charge in [0.25, 0.3) is 5.91 Å². The average molecular weight is 308 g/mol. The van der Waals surface area contributed by atoms with Crippen LogP contribution < -0.4 is 10.2 Å². The van der Waals surface area contributed by atoms with Gasteiger partial charge in [-0.25, -0.2) is 9.97 Å². The second-order valence-corrected chi connectivity index (χ2v) is 6.18. The Kier molecular flexibility index (Phi) is 3.48. The Morgan fingerprint density at radius 1 is 1.04 bits per heavy atom. The fourth-order valence-corrected chi connectivity index (χ4v) is 3.52. The van der Waals surface area contributed by atoms with Gasteiger partial charge in [0.1, 0.15) is 17.3 Å². The molecular formula is C18H20N4O. The number of carbonyl (C=O) groups excluding carboxylic acids is 1. The molecule has 1 aromatic heterocycles. The molecule has 23 heavy (non-hydrogen) atoms. The zero-order valence-electron chi connectivity index (χ0n) is 13.3. The third-order valence-electron chi connectivity index (χ3n) is 4.69. The molecule has 5 heteroatoms. The van der Waals surface area contributed by atoms with Gasteiger partial charge in [-0.05, 0) is 37.3 Å². The summed E-state index contributed by atoms with van der Waals surface area (Å²) in [5.74, 6) is 1.55. The summed E-state index contributed by atoms with van der Waals surface area (Å²) in [5.41, 5.74) is 4.41. The molecule has 1 amide bonds. The lowest BCUT2D eigenvalue weighted by atomic mass is 10.0. The third-order valence-corrected chi connectivity index (χ3v) is 4.69. The van der Waals surface area contributed by atoms with Crippen molar-refractivity contribution in [2.75, 3.05) is 24.5 Å². The normalized spacial score (nSPS) is 17.1. The average Bonchev–Trinajstić information content (AvgIpc) is 2.78. The van der Waals surface area contributed by atoms with Crippen LogP contribution in [0.3, 0.4) is 0 Å². The van der Waals surface area contributed by atoms with E-state index in [0.717, 1.165) is 43.7 Å². The molecule has 0 atom stereocenters. The smallest absolute Gasteiger partial charge is 0.270 e. The second-order valence-electron chi connectivity index (χ2n) is 6.18. The highest BCUT2D eigenvalue weighted by atomic mass is 16.1. The van der Waals surface area contributed by atoms with Crippen LogP contribution in [-0.4, -0.2) is 35.5 Å². The van der Waals surface area contributed by atoms with Crippen molar-refractivity contribution < 1.29 is 4.79 Å². The molecule has 0 radical (unpaired) electrons. The predicted molar refractivity (Wildman–Crippen MR) is 88.9 cm³/mol. The van der Waals surface area contributed by atoms with E-state index in [0.29, 0.717) is 18.1 Å². The van der Waals surface area contributed by atoms with Gasteiger partial charge in [-0.1, -0.05) is 24.3 Å². The molecule has 0 spiro atoms. The maximum Gasteiger partial charge on any atom is 0.270 e. The van der Waals surface area contributed by atoms with Gasteiger partial charge >= 0.3 is 0 Å². The number of aromatic nitrogens is 2. The number of nitrogens with one attached hydrogen (secondary N) is 1. The number of carbonyl (C=O) groups is 1. The summed E-state index contributed by atoms with van der Waals surface area (Å²) in [5, 5.41) is 2.87. The molecule has 0 fully saturated rings. The fraction of sp³-hybridized carbons (Fsp3) is 0.389. The molecule has 0 bridgehead atoms. The summed E-state index contributed by atoms with van der Waals surface area (Å²) in [4.78, 5) is 23.5. The van der Waals surface area contributed by atoms with Gasteiger partial charge in [0.15, 0.2) is 0 Å². The highest BCUT2D eigenvalue weighted by Gasteiger charge is 2.26. The lowest BCUT2D eigenvalue weighted by molar-refractivity contribution is 0.0940. The highest BCUT2D eigenvalue weighted by molar-refractivity contribution is 5.96. The Bertz CT molecular complexity index is 745. The molecule has 0 aliphatic carbocycles. The van der Waals surface area contributed by atoms with Crippen molar-refractivity contribution in [1.82, 2.24) is 15.3 Å². The zero-order chi connectivity index (χ0) is 15.8. The maximum absolute atomic E-state index is 12.1. The number of benzene rings is 1. The van der Waals surface area contributed by atoms with Crippen molar-refractivity contribution in [3.63, 3.8) is 0 Å². The van der Waals surface area contributed by atoms with Crippen molar-refractivity contribution in [1.29, 1.82) is 0 Å². The third kappa shape index (κ3) is 2.56. The van der Waals surface area contributed by atoms with Crippen LogP contribution in [-0.2, 0) is 19.3 Å². The van der Waals surface area contributed by atoms with Crippen LogP contribution in [0.5, 0.6) is 0 Å². The minimum absolute atomic E-state index is 0.0730. The molecule has 2 aliphatic rings. The first-order valence-corrected chi connectivity index (χ1v) is 8.20. The molecule has 0 unspecified atom stereocenters. The Morgan fingerprint density at radius 2 is 1.74 bits per heavy atom. The van der Waals surface area contributed by atoms with Crippen molar-refractivity contribution >= 4 is 11.7 Å². The summed E-state index contributed by atoms with van der Waals surface area (Å²) >= 11 is 0. The van der Waals surface area contributed by atoms with Crippen LogP contribution >= 0.6 is 0 Å². The molecule has 1 aromatic carbocycles. The van der Waals surface area contributed by atoms with Gasteiger partial charge in [0, 0.05) is 25.2 Å². The quantitative estimate of drug-likeness (QED) is 0.871. The van der Waals surface area contributed by atoms with E-state index in [1.54, 1.807) is 0 Å². The SMILES string of the molecule is Cc1nc2c(c(N3CCc4ccccc4CC3)n1)CCNC2=O. The molecule has 2 aromatic rings. The van der Waals surface area contributed by atoms with Crippen LogP contribution in [0.1, 0.15) is 33.0 Å². The molecule has 4 rings (SSSR count). The Labute approximate surface area is 135 Å². The topological polar surface area (TPSA) is 58.1 Å². The Balaban J connectivity index is 1.70. The zero-order valence-corrected chi connectivity index (χ0v) is 13.3. The van der Waals surface area contributed by atoms with Crippen molar-refractivity contribution in [2.24, 2.45) is 0 Å². The molecule has 0 saturated carbocycles. The van der Waals surface area contributed by atoms with Crippen LogP contribution in [0, 0.1) is 6.92 Å². The summed E-state index contributed by atoms with van der Waals surface area (Å²) in [6.45, 7) is 4.39. The van der Waals surface area contributed by atoms with E-state index < -0.39 is 0 Å². The number of fused-ring (bicyclic) bond motifs is 2. The number of aryl methyl sites for hydroxylation is 1. The number of rotatable bonds is 1. The van der Waals surface area contributed by atoms with E-state index in [1.807, 2.05) is 6.92 Å². The second kappa shape index (κ2) is 5.65. The molecular weight excluding hydrogens is 288 g/mol. The minimum atomic E-state index is -0.0730. The van der Waals surface area contributed by atoms with E-state index in [1.165, 1.54) is 11.1 Å². The van der Waals surface area contributed by atoms with Crippen LogP contribution in [0.2, 0.25) is 0 Å². The molecule has 0 saturated heterocycles. The van der Waals surface area contributed by atoms with Gasteiger partial charge < -0.3 is 10.2 Å². The Morgan fingerprint density at radius 3 is 2.43 bits per heavy atom. The van der Waals surface area contributed by atoms with E-state index in [4.69, 9.17) is 0 Å². The van der Waals surface area contributed by atoms with Crippen molar-refractivity contribution in [3.05, 3.63) is 52.5 Å². The number of nitrogens with zero attached hydrogens (tertiary/aromatic N) is 3. The molecule has 5 nitrogen and oxygen atoms in total. The number of hydrogen-bond acceptors (Lipinski definition) is 4. The minimum Gasteiger partial charge on any atom is -0.356 e. The van der Waals surface area contributed by atoms with Crippen LogP contribution in [0.15, 0.2) is 24.3 Å². The largest absolute Gasteiger partial charge is 0.356 e. The summed E-state index contributed by atoms with van der Waals surface area (Å²) in [6.07, 6.45) is 2.83. The lowest BCUT2D eigenvalue weighted by Crippen LogP contribution is -2.36.